The minimum absolute atomic E-state index is 0.884. The third-order valence-electron chi connectivity index (χ3n) is 2.23. The number of aromatic nitrogens is 2. The number of hydrogen-bond acceptors (Lipinski definition) is 2. The van der Waals surface area contributed by atoms with Crippen molar-refractivity contribution in [2.24, 2.45) is 0 Å². The van der Waals surface area contributed by atoms with Crippen molar-refractivity contribution in [3.63, 3.8) is 0 Å². The molecule has 0 saturated heterocycles. The maximum atomic E-state index is 5.09. The van der Waals surface area contributed by atoms with Crippen molar-refractivity contribution in [2.75, 3.05) is 7.11 Å². The van der Waals surface area contributed by atoms with Crippen molar-refractivity contribution in [3.8, 4) is 5.75 Å². The summed E-state index contributed by atoms with van der Waals surface area (Å²) in [6, 6.07) is 8.05. The predicted octanol–water partition coefficient (Wildman–Crippen LogP) is 2.21. The van der Waals surface area contributed by atoms with Crippen molar-refractivity contribution in [2.45, 2.75) is 6.42 Å². The average molecular weight is 201 g/mol. The zero-order chi connectivity index (χ0) is 10.5. The minimum atomic E-state index is 0.884. The van der Waals surface area contributed by atoms with Gasteiger partial charge >= 0.3 is 0 Å². The highest BCUT2D eigenvalue weighted by Gasteiger charge is 1.98. The van der Waals surface area contributed by atoms with Crippen LogP contribution in [0.15, 0.2) is 36.8 Å². The molecule has 2 rings (SSSR count). The van der Waals surface area contributed by atoms with Crippen LogP contribution in [0.2, 0.25) is 0 Å². The molecular weight excluding hydrogens is 188 g/mol. The van der Waals surface area contributed by atoms with E-state index in [9.17, 15) is 0 Å². The second-order valence-corrected chi connectivity index (χ2v) is 3.25. The molecule has 1 N–H and O–H groups in total. The summed E-state index contributed by atoms with van der Waals surface area (Å²) in [7, 11) is 1.67. The zero-order valence-electron chi connectivity index (χ0n) is 8.60. The molecule has 0 atom stereocenters. The maximum Gasteiger partial charge on any atom is 0.118 e. The van der Waals surface area contributed by atoms with Gasteiger partial charge in [0.1, 0.15) is 5.75 Å². The number of rotatable bonds is 4. The number of nitrogens with one attached hydrogen (secondary N) is 1. The van der Waals surface area contributed by atoms with Gasteiger partial charge in [0.05, 0.1) is 19.1 Å². The van der Waals surface area contributed by atoms with Crippen LogP contribution < -0.4 is 4.74 Å². The van der Waals surface area contributed by atoms with Gasteiger partial charge in [0.15, 0.2) is 0 Å². The molecule has 0 saturated carbocycles. The number of imidazole rings is 1. The number of hydrogen-bond donors (Lipinski definition) is 1. The van der Waals surface area contributed by atoms with E-state index in [2.05, 4.69) is 28.5 Å². The Balaban J connectivity index is 1.93. The Morgan fingerprint density at radius 2 is 2.13 bits per heavy atom. The van der Waals surface area contributed by atoms with Crippen molar-refractivity contribution in [3.05, 3.63) is 54.5 Å². The third kappa shape index (κ3) is 2.59. The summed E-state index contributed by atoms with van der Waals surface area (Å²) in [6.45, 7) is 0. The van der Waals surface area contributed by atoms with Gasteiger partial charge in [-0.1, -0.05) is 12.1 Å². The van der Waals surface area contributed by atoms with Crippen molar-refractivity contribution < 1.29 is 4.74 Å². The normalized spacial score (nSPS) is 10.2. The molecule has 0 aliphatic heterocycles. The molecule has 0 bridgehead atoms. The van der Waals surface area contributed by atoms with Gasteiger partial charge < -0.3 is 9.72 Å². The van der Waals surface area contributed by atoms with E-state index in [4.69, 9.17) is 4.74 Å². The first kappa shape index (κ1) is 9.77. The van der Waals surface area contributed by atoms with Gasteiger partial charge in [0.25, 0.3) is 0 Å². The monoisotopic (exact) mass is 201 g/mol. The molecule has 3 nitrogen and oxygen atoms in total. The molecule has 1 heterocycles. The third-order valence-corrected chi connectivity index (χ3v) is 2.23. The molecule has 0 spiro atoms. The molecule has 1 aromatic heterocycles. The van der Waals surface area contributed by atoms with Gasteiger partial charge in [-0.05, 0) is 24.1 Å². The summed E-state index contributed by atoms with van der Waals surface area (Å²) in [5.74, 6) is 0.888. The lowest BCUT2D eigenvalue weighted by Crippen LogP contribution is -1.89. The fourth-order valence-corrected chi connectivity index (χ4v) is 1.37. The summed E-state index contributed by atoms with van der Waals surface area (Å²) in [6.07, 6.45) is 6.52. The first-order valence-electron chi connectivity index (χ1n) is 4.83. The highest BCUT2D eigenvalue weighted by Crippen LogP contribution is 2.13. The topological polar surface area (TPSA) is 37.9 Å². The lowest BCUT2D eigenvalue weighted by molar-refractivity contribution is 0.414. The summed E-state index contributed by atoms with van der Waals surface area (Å²) in [5.41, 5.74) is 2.23. The Morgan fingerprint density at radius 1 is 1.33 bits per heavy atom. The first-order chi connectivity index (χ1) is 7.38. The van der Waals surface area contributed by atoms with E-state index in [-0.39, 0.29) is 0 Å². The number of aromatic amines is 1. The fraction of sp³-hybridized carbons (Fsp3) is 0.167. The van der Waals surface area contributed by atoms with Crippen molar-refractivity contribution >= 4 is 0 Å². The second kappa shape index (κ2) is 4.64. The molecule has 1 aromatic carbocycles. The van der Waals surface area contributed by atoms with E-state index in [0.29, 0.717) is 0 Å². The molecule has 2 aromatic rings. The highest BCUT2D eigenvalue weighted by molar-refractivity contribution is 5.29. The number of benzene rings is 1. The highest BCUT2D eigenvalue weighted by atomic mass is 16.5. The van der Waals surface area contributed by atoms with E-state index < -0.39 is 0 Å². The van der Waals surface area contributed by atoms with E-state index in [1.165, 1.54) is 5.56 Å². The fourth-order valence-electron chi connectivity index (χ4n) is 1.37. The Hall–Kier alpha value is -1.77. The molecule has 3 heteroatoms. The largest absolute Gasteiger partial charge is 0.497 e. The minimum Gasteiger partial charge on any atom is -0.497 e. The standard InChI is InChI=1S/C12H13N2O/c1-15-12-6-3-10(4-7-12)2-5-11-8-13-9-14-11/h3-9H,2H2,1H3,(H,13,14). The Kier molecular flexibility index (Phi) is 3.02. The van der Waals surface area contributed by atoms with Gasteiger partial charge in [0, 0.05) is 12.6 Å². The smallest absolute Gasteiger partial charge is 0.118 e. The summed E-state index contributed by atoms with van der Waals surface area (Å²) >= 11 is 0. The van der Waals surface area contributed by atoms with E-state index in [0.717, 1.165) is 17.9 Å². The molecule has 0 aliphatic rings. The Labute approximate surface area is 89.1 Å². The zero-order valence-corrected chi connectivity index (χ0v) is 8.60. The summed E-state index contributed by atoms with van der Waals surface area (Å²) in [5, 5.41) is 0. The van der Waals surface area contributed by atoms with Crippen molar-refractivity contribution in [1.29, 1.82) is 0 Å². The summed E-state index contributed by atoms with van der Waals surface area (Å²) in [4.78, 5) is 7.05. The molecule has 1 radical (unpaired) electrons. The van der Waals surface area contributed by atoms with Crippen LogP contribution in [0.1, 0.15) is 11.3 Å². The van der Waals surface area contributed by atoms with Gasteiger partial charge in [-0.25, -0.2) is 4.98 Å². The van der Waals surface area contributed by atoms with Crippen LogP contribution in [0.25, 0.3) is 0 Å². The molecule has 77 valence electrons. The van der Waals surface area contributed by atoms with Crippen LogP contribution in [0, 0.1) is 6.42 Å². The average Bonchev–Trinajstić information content (AvgIpc) is 2.80. The molecule has 0 amide bonds. The van der Waals surface area contributed by atoms with Gasteiger partial charge in [0.2, 0.25) is 0 Å². The summed E-state index contributed by atoms with van der Waals surface area (Å²) < 4.78 is 5.09. The van der Waals surface area contributed by atoms with Gasteiger partial charge in [-0.15, -0.1) is 0 Å². The SMILES string of the molecule is COc1ccc(C[CH]c2c[nH]cn2)cc1. The lowest BCUT2D eigenvalue weighted by atomic mass is 10.1. The molecule has 0 aliphatic carbocycles. The lowest BCUT2D eigenvalue weighted by Gasteiger charge is -2.01. The Morgan fingerprint density at radius 3 is 2.73 bits per heavy atom. The van der Waals surface area contributed by atoms with Crippen LogP contribution in [-0.2, 0) is 6.42 Å². The van der Waals surface area contributed by atoms with Crippen LogP contribution >= 0.6 is 0 Å². The van der Waals surface area contributed by atoms with Crippen LogP contribution in [0.5, 0.6) is 5.75 Å². The van der Waals surface area contributed by atoms with Crippen LogP contribution in [0.4, 0.5) is 0 Å². The van der Waals surface area contributed by atoms with E-state index in [1.54, 1.807) is 13.4 Å². The number of nitrogens with zero attached hydrogens (tertiary/aromatic N) is 1. The molecular formula is C12H13N2O. The van der Waals surface area contributed by atoms with E-state index >= 15 is 0 Å². The number of methoxy groups -OCH3 is 1. The predicted molar refractivity (Wildman–Crippen MR) is 58.7 cm³/mol. The quantitative estimate of drug-likeness (QED) is 0.823. The van der Waals surface area contributed by atoms with E-state index in [1.807, 2.05) is 18.3 Å². The maximum absolute atomic E-state index is 5.09. The number of ether oxygens (including phenoxy) is 1. The number of H-pyrrole nitrogens is 1. The molecule has 0 unspecified atom stereocenters. The first-order valence-corrected chi connectivity index (χ1v) is 4.83. The van der Waals surface area contributed by atoms with Crippen LogP contribution in [-0.4, -0.2) is 17.1 Å². The van der Waals surface area contributed by atoms with Crippen molar-refractivity contribution in [1.82, 2.24) is 9.97 Å². The van der Waals surface area contributed by atoms with Gasteiger partial charge in [-0.3, -0.25) is 0 Å². The van der Waals surface area contributed by atoms with Gasteiger partial charge in [-0.2, -0.15) is 0 Å². The molecule has 0 fully saturated rings. The van der Waals surface area contributed by atoms with Crippen LogP contribution in [0.3, 0.4) is 0 Å². The second-order valence-electron chi connectivity index (χ2n) is 3.25. The Bertz CT molecular complexity index is 392. The molecule has 15 heavy (non-hydrogen) atoms.